The first-order valence-electron chi connectivity index (χ1n) is 1.86. The van der Waals surface area contributed by atoms with Crippen LogP contribution < -0.4 is 5.32 Å². The summed E-state index contributed by atoms with van der Waals surface area (Å²) in [5.74, 6) is 0. The van der Waals surface area contributed by atoms with E-state index in [4.69, 9.17) is 0 Å². The molecule has 0 fully saturated rings. The van der Waals surface area contributed by atoms with Gasteiger partial charge in [0.25, 0.3) is 0 Å². The summed E-state index contributed by atoms with van der Waals surface area (Å²) in [5.41, 5.74) is 0. The molecule has 0 aliphatic carbocycles. The van der Waals surface area contributed by atoms with Crippen LogP contribution in [0.1, 0.15) is 0 Å². The van der Waals surface area contributed by atoms with Crippen molar-refractivity contribution in [3.05, 3.63) is 12.2 Å². The molecule has 0 radical (unpaired) electrons. The second-order valence-corrected chi connectivity index (χ2v) is 1.13. The van der Waals surface area contributed by atoms with E-state index in [0.29, 0.717) is 0 Å². The molecule has 1 aliphatic rings. The second kappa shape index (κ2) is 2.87. The van der Waals surface area contributed by atoms with Crippen LogP contribution in [0.5, 0.6) is 0 Å². The van der Waals surface area contributed by atoms with Crippen LogP contribution in [0.25, 0.3) is 0 Å². The summed E-state index contributed by atoms with van der Waals surface area (Å²) in [5, 5.41) is 3.11. The minimum absolute atomic E-state index is 0. The zero-order valence-electron chi connectivity index (χ0n) is 3.57. The Bertz CT molecular complexity index is 45.5. The summed E-state index contributed by atoms with van der Waals surface area (Å²) in [4.78, 5) is 0. The van der Waals surface area contributed by atoms with Crippen molar-refractivity contribution in [3.8, 4) is 0 Å². The average molecular weight is 87.1 g/mol. The Morgan fingerprint density at radius 1 is 1.17 bits per heavy atom. The predicted octanol–water partition coefficient (Wildman–Crippen LogP) is -0.679. The van der Waals surface area contributed by atoms with Crippen LogP contribution in [-0.4, -0.2) is 18.6 Å². The van der Waals surface area contributed by atoms with Gasteiger partial charge in [0.1, 0.15) is 0 Å². The first-order chi connectivity index (χ1) is 2.50. The highest BCUT2D eigenvalue weighted by Gasteiger charge is 1.81. The molecule has 6 heavy (non-hydrogen) atoms. The zero-order chi connectivity index (χ0) is 3.54. The summed E-state index contributed by atoms with van der Waals surface area (Å²) in [7, 11) is 0. The summed E-state index contributed by atoms with van der Waals surface area (Å²) in [6.45, 7) is 2.14. The monoisotopic (exact) mass is 87.1 g/mol. The molecule has 1 aliphatic heterocycles. The van der Waals surface area contributed by atoms with Crippen molar-refractivity contribution in [3.63, 3.8) is 0 Å². The van der Waals surface area contributed by atoms with E-state index in [1.807, 2.05) is 0 Å². The van der Waals surface area contributed by atoms with Gasteiger partial charge in [0.05, 0.1) is 0 Å². The van der Waals surface area contributed by atoms with E-state index in [1.54, 1.807) is 0 Å². The largest absolute Gasteiger partial charge is 0.412 e. The van der Waals surface area contributed by atoms with E-state index in [0.717, 1.165) is 13.1 Å². The van der Waals surface area contributed by atoms with Crippen molar-refractivity contribution in [1.82, 2.24) is 5.32 Å². The van der Waals surface area contributed by atoms with Gasteiger partial charge < -0.3 is 10.8 Å². The highest BCUT2D eigenvalue weighted by Crippen LogP contribution is 1.75. The van der Waals surface area contributed by atoms with Gasteiger partial charge in [-0.05, 0) is 0 Å². The number of hydrogen-bond acceptors (Lipinski definition) is 1. The molecule has 0 bridgehead atoms. The molecule has 0 aromatic carbocycles. The van der Waals surface area contributed by atoms with E-state index < -0.39 is 0 Å². The Morgan fingerprint density at radius 3 is 1.83 bits per heavy atom. The van der Waals surface area contributed by atoms with Crippen molar-refractivity contribution >= 4 is 0 Å². The Labute approximate surface area is 37.2 Å². The molecule has 0 aromatic heterocycles. The summed E-state index contributed by atoms with van der Waals surface area (Å²) < 4.78 is 0. The lowest BCUT2D eigenvalue weighted by Crippen LogP contribution is -2.04. The molecule has 2 nitrogen and oxygen atoms in total. The van der Waals surface area contributed by atoms with Crippen molar-refractivity contribution in [2.24, 2.45) is 0 Å². The van der Waals surface area contributed by atoms with Crippen LogP contribution in [0, 0.1) is 0 Å². The Balaban J connectivity index is 0.000000250. The molecular formula is C4H9NO. The molecule has 1 rings (SSSR count). The molecule has 0 amide bonds. The van der Waals surface area contributed by atoms with E-state index in [1.165, 1.54) is 0 Å². The maximum Gasteiger partial charge on any atom is 0.0138 e. The molecule has 0 saturated carbocycles. The zero-order valence-corrected chi connectivity index (χ0v) is 3.57. The van der Waals surface area contributed by atoms with Crippen LogP contribution in [0.4, 0.5) is 0 Å². The highest BCUT2D eigenvalue weighted by molar-refractivity contribution is 4.92. The van der Waals surface area contributed by atoms with E-state index >= 15 is 0 Å². The van der Waals surface area contributed by atoms with Gasteiger partial charge in [0.15, 0.2) is 0 Å². The van der Waals surface area contributed by atoms with Gasteiger partial charge in [-0.1, -0.05) is 12.2 Å². The van der Waals surface area contributed by atoms with Crippen LogP contribution >= 0.6 is 0 Å². The molecule has 36 valence electrons. The van der Waals surface area contributed by atoms with Crippen LogP contribution in [0.3, 0.4) is 0 Å². The Morgan fingerprint density at radius 2 is 1.67 bits per heavy atom. The summed E-state index contributed by atoms with van der Waals surface area (Å²) >= 11 is 0. The molecule has 0 unspecified atom stereocenters. The lowest BCUT2D eigenvalue weighted by molar-refractivity contribution is 0.824. The fourth-order valence-electron chi connectivity index (χ4n) is 0.417. The Hall–Kier alpha value is -0.340. The SMILES string of the molecule is C1=CCNC1.O. The van der Waals surface area contributed by atoms with Gasteiger partial charge in [-0.3, -0.25) is 0 Å². The number of rotatable bonds is 0. The van der Waals surface area contributed by atoms with Crippen LogP contribution in [-0.2, 0) is 0 Å². The molecule has 0 saturated heterocycles. The van der Waals surface area contributed by atoms with Gasteiger partial charge in [-0.25, -0.2) is 0 Å². The third-order valence-electron chi connectivity index (χ3n) is 0.691. The van der Waals surface area contributed by atoms with Gasteiger partial charge in [0.2, 0.25) is 0 Å². The van der Waals surface area contributed by atoms with Crippen molar-refractivity contribution in [1.29, 1.82) is 0 Å². The third-order valence-corrected chi connectivity index (χ3v) is 0.691. The molecule has 0 atom stereocenters. The molecule has 1 heterocycles. The van der Waals surface area contributed by atoms with E-state index in [9.17, 15) is 0 Å². The first kappa shape index (κ1) is 5.66. The van der Waals surface area contributed by atoms with Gasteiger partial charge in [-0.2, -0.15) is 0 Å². The van der Waals surface area contributed by atoms with Gasteiger partial charge in [0, 0.05) is 13.1 Å². The van der Waals surface area contributed by atoms with Crippen molar-refractivity contribution < 1.29 is 5.48 Å². The van der Waals surface area contributed by atoms with Gasteiger partial charge >= 0.3 is 0 Å². The fourth-order valence-corrected chi connectivity index (χ4v) is 0.417. The fraction of sp³-hybridized carbons (Fsp3) is 0.500. The van der Waals surface area contributed by atoms with E-state index in [-0.39, 0.29) is 5.48 Å². The topological polar surface area (TPSA) is 43.5 Å². The van der Waals surface area contributed by atoms with Crippen molar-refractivity contribution in [2.45, 2.75) is 0 Å². The summed E-state index contributed by atoms with van der Waals surface area (Å²) in [6.07, 6.45) is 4.25. The van der Waals surface area contributed by atoms with Crippen LogP contribution in [0.15, 0.2) is 12.2 Å². The number of hydrogen-bond donors (Lipinski definition) is 1. The molecule has 3 N–H and O–H groups in total. The maximum absolute atomic E-state index is 3.11. The normalized spacial score (nSPS) is 17.3. The minimum atomic E-state index is 0. The highest BCUT2D eigenvalue weighted by atomic mass is 16.0. The Kier molecular flexibility index (Phi) is 2.71. The lowest BCUT2D eigenvalue weighted by Gasteiger charge is -1.77. The third kappa shape index (κ3) is 1.19. The van der Waals surface area contributed by atoms with Crippen LogP contribution in [0.2, 0.25) is 0 Å². The standard InChI is InChI=1S/C4H7N.H2O/c1-2-4-5-3-1;/h1-2,5H,3-4H2;1H2. The lowest BCUT2D eigenvalue weighted by atomic mass is 10.6. The molecule has 2 heteroatoms. The number of nitrogens with one attached hydrogen (secondary N) is 1. The molecule has 0 spiro atoms. The van der Waals surface area contributed by atoms with Crippen molar-refractivity contribution in [2.75, 3.05) is 13.1 Å². The van der Waals surface area contributed by atoms with Gasteiger partial charge in [-0.15, -0.1) is 0 Å². The smallest absolute Gasteiger partial charge is 0.0138 e. The van der Waals surface area contributed by atoms with E-state index in [2.05, 4.69) is 17.5 Å². The quantitative estimate of drug-likeness (QED) is 0.391. The first-order valence-corrected chi connectivity index (χ1v) is 1.86. The average Bonchev–Trinajstić information content (AvgIpc) is 1.76. The molecule has 0 aromatic rings. The summed E-state index contributed by atoms with van der Waals surface area (Å²) in [6, 6.07) is 0. The predicted molar refractivity (Wildman–Crippen MR) is 25.6 cm³/mol. The molecular weight excluding hydrogens is 78.0 g/mol. The maximum atomic E-state index is 3.11. The second-order valence-electron chi connectivity index (χ2n) is 1.13. The minimum Gasteiger partial charge on any atom is -0.412 e.